The summed E-state index contributed by atoms with van der Waals surface area (Å²) in [6.45, 7) is 2.22. The van der Waals surface area contributed by atoms with Crippen LogP contribution in [0, 0.1) is 5.92 Å². The molecule has 1 aliphatic rings. The SMILES string of the molecule is CCC1CCCCC1Nc1ccccc1S(C)(=O)=O. The lowest BCUT2D eigenvalue weighted by molar-refractivity contribution is 0.317. The molecule has 0 saturated heterocycles. The number of hydrogen-bond acceptors (Lipinski definition) is 3. The molecule has 1 aromatic carbocycles. The highest BCUT2D eigenvalue weighted by atomic mass is 32.2. The Labute approximate surface area is 116 Å². The Hall–Kier alpha value is -1.03. The molecule has 1 aliphatic carbocycles. The number of para-hydroxylation sites is 1. The minimum Gasteiger partial charge on any atom is -0.381 e. The van der Waals surface area contributed by atoms with Gasteiger partial charge in [-0.3, -0.25) is 0 Å². The summed E-state index contributed by atoms with van der Waals surface area (Å²) in [6.07, 6.45) is 7.33. The van der Waals surface area contributed by atoms with Gasteiger partial charge in [0.15, 0.2) is 9.84 Å². The van der Waals surface area contributed by atoms with Gasteiger partial charge in [0.25, 0.3) is 0 Å². The Bertz CT molecular complexity index is 525. The van der Waals surface area contributed by atoms with Crippen LogP contribution in [0.4, 0.5) is 5.69 Å². The molecule has 2 unspecified atom stereocenters. The van der Waals surface area contributed by atoms with Gasteiger partial charge in [0, 0.05) is 12.3 Å². The molecule has 0 bridgehead atoms. The van der Waals surface area contributed by atoms with Gasteiger partial charge in [0.1, 0.15) is 0 Å². The van der Waals surface area contributed by atoms with Gasteiger partial charge in [-0.1, -0.05) is 38.3 Å². The van der Waals surface area contributed by atoms with Crippen molar-refractivity contribution in [1.29, 1.82) is 0 Å². The van der Waals surface area contributed by atoms with Crippen molar-refractivity contribution < 1.29 is 8.42 Å². The Balaban J connectivity index is 2.23. The third-order valence-corrected chi connectivity index (χ3v) is 5.22. The second-order valence-electron chi connectivity index (χ2n) is 5.47. The maximum Gasteiger partial charge on any atom is 0.177 e. The third kappa shape index (κ3) is 3.50. The summed E-state index contributed by atoms with van der Waals surface area (Å²) < 4.78 is 23.6. The van der Waals surface area contributed by atoms with Crippen molar-refractivity contribution in [2.45, 2.75) is 50.0 Å². The van der Waals surface area contributed by atoms with E-state index in [-0.39, 0.29) is 0 Å². The summed E-state index contributed by atoms with van der Waals surface area (Å²) in [5.74, 6) is 0.654. The van der Waals surface area contributed by atoms with Gasteiger partial charge in [-0.25, -0.2) is 8.42 Å². The van der Waals surface area contributed by atoms with Gasteiger partial charge in [-0.05, 0) is 30.9 Å². The van der Waals surface area contributed by atoms with Crippen LogP contribution in [0.25, 0.3) is 0 Å². The van der Waals surface area contributed by atoms with Crippen molar-refractivity contribution in [3.63, 3.8) is 0 Å². The fourth-order valence-corrected chi connectivity index (χ4v) is 3.85. The number of rotatable bonds is 4. The average molecular weight is 281 g/mol. The van der Waals surface area contributed by atoms with Crippen molar-refractivity contribution >= 4 is 15.5 Å². The molecule has 0 radical (unpaired) electrons. The van der Waals surface area contributed by atoms with Crippen LogP contribution in [0.3, 0.4) is 0 Å². The number of sulfone groups is 1. The van der Waals surface area contributed by atoms with Crippen LogP contribution >= 0.6 is 0 Å². The lowest BCUT2D eigenvalue weighted by atomic mass is 9.83. The van der Waals surface area contributed by atoms with Crippen molar-refractivity contribution in [2.75, 3.05) is 11.6 Å². The smallest absolute Gasteiger partial charge is 0.177 e. The predicted molar refractivity (Wildman–Crippen MR) is 79.2 cm³/mol. The van der Waals surface area contributed by atoms with Crippen LogP contribution in [0.15, 0.2) is 29.2 Å². The molecule has 2 atom stereocenters. The predicted octanol–water partition coefficient (Wildman–Crippen LogP) is 3.47. The molecule has 106 valence electrons. The molecule has 0 spiro atoms. The highest BCUT2D eigenvalue weighted by molar-refractivity contribution is 7.90. The minimum atomic E-state index is -3.17. The number of anilines is 1. The Morgan fingerprint density at radius 3 is 2.58 bits per heavy atom. The van der Waals surface area contributed by atoms with Crippen LogP contribution in [0.1, 0.15) is 39.0 Å². The molecule has 4 heteroatoms. The molecule has 0 amide bonds. The zero-order valence-corrected chi connectivity index (χ0v) is 12.5. The number of benzene rings is 1. The topological polar surface area (TPSA) is 46.2 Å². The van der Waals surface area contributed by atoms with E-state index in [2.05, 4.69) is 12.2 Å². The first kappa shape index (κ1) is 14.4. The average Bonchev–Trinajstić information content (AvgIpc) is 2.39. The molecular formula is C15H23NO2S. The zero-order valence-electron chi connectivity index (χ0n) is 11.7. The summed E-state index contributed by atoms with van der Waals surface area (Å²) in [4.78, 5) is 0.412. The summed E-state index contributed by atoms with van der Waals surface area (Å²) >= 11 is 0. The van der Waals surface area contributed by atoms with Crippen LogP contribution in [-0.2, 0) is 9.84 Å². The van der Waals surface area contributed by atoms with E-state index in [4.69, 9.17) is 0 Å². The van der Waals surface area contributed by atoms with Gasteiger partial charge in [0.2, 0.25) is 0 Å². The largest absolute Gasteiger partial charge is 0.381 e. The van der Waals surface area contributed by atoms with Crippen molar-refractivity contribution in [3.05, 3.63) is 24.3 Å². The number of hydrogen-bond donors (Lipinski definition) is 1. The van der Waals surface area contributed by atoms with E-state index < -0.39 is 9.84 Å². The summed E-state index contributed by atoms with van der Waals surface area (Å²) in [6, 6.07) is 7.63. The maximum atomic E-state index is 11.8. The highest BCUT2D eigenvalue weighted by Gasteiger charge is 2.24. The molecule has 1 saturated carbocycles. The van der Waals surface area contributed by atoms with Gasteiger partial charge >= 0.3 is 0 Å². The van der Waals surface area contributed by atoms with Crippen LogP contribution in [-0.4, -0.2) is 20.7 Å². The fraction of sp³-hybridized carbons (Fsp3) is 0.600. The first-order chi connectivity index (χ1) is 9.02. The van der Waals surface area contributed by atoms with Crippen molar-refractivity contribution in [2.24, 2.45) is 5.92 Å². The first-order valence-electron chi connectivity index (χ1n) is 7.08. The molecule has 2 rings (SSSR count). The summed E-state index contributed by atoms with van der Waals surface area (Å²) in [5, 5.41) is 3.48. The van der Waals surface area contributed by atoms with E-state index in [1.54, 1.807) is 12.1 Å². The second kappa shape index (κ2) is 5.95. The molecule has 1 N–H and O–H groups in total. The Morgan fingerprint density at radius 2 is 1.89 bits per heavy atom. The molecule has 0 aromatic heterocycles. The minimum absolute atomic E-state index is 0.404. The standard InChI is InChI=1S/C15H23NO2S/c1-3-12-8-4-5-9-13(12)16-14-10-6-7-11-15(14)19(2,17)18/h6-7,10-13,16H,3-5,8-9H2,1-2H3. The lowest BCUT2D eigenvalue weighted by Crippen LogP contribution is -2.32. The van der Waals surface area contributed by atoms with E-state index in [1.807, 2.05) is 12.1 Å². The molecule has 1 fully saturated rings. The fourth-order valence-electron chi connectivity index (χ4n) is 3.00. The lowest BCUT2D eigenvalue weighted by Gasteiger charge is -2.32. The van der Waals surface area contributed by atoms with E-state index in [1.165, 1.54) is 25.5 Å². The normalized spacial score (nSPS) is 24.1. The van der Waals surface area contributed by atoms with Gasteiger partial charge in [0.05, 0.1) is 10.6 Å². The second-order valence-corrected chi connectivity index (χ2v) is 7.46. The van der Waals surface area contributed by atoms with Gasteiger partial charge in [-0.15, -0.1) is 0 Å². The summed E-state index contributed by atoms with van der Waals surface area (Å²) in [7, 11) is -3.17. The van der Waals surface area contributed by atoms with E-state index >= 15 is 0 Å². The van der Waals surface area contributed by atoms with Crippen LogP contribution in [0.5, 0.6) is 0 Å². The maximum absolute atomic E-state index is 11.8. The quantitative estimate of drug-likeness (QED) is 0.919. The molecule has 1 aromatic rings. The highest BCUT2D eigenvalue weighted by Crippen LogP contribution is 2.31. The van der Waals surface area contributed by atoms with Crippen LogP contribution < -0.4 is 5.32 Å². The molecule has 0 aliphatic heterocycles. The van der Waals surface area contributed by atoms with E-state index in [9.17, 15) is 8.42 Å². The third-order valence-electron chi connectivity index (χ3n) is 4.06. The van der Waals surface area contributed by atoms with Crippen molar-refractivity contribution in [1.82, 2.24) is 0 Å². The summed E-state index contributed by atoms with van der Waals surface area (Å²) in [5.41, 5.74) is 0.760. The Morgan fingerprint density at radius 1 is 1.21 bits per heavy atom. The molecule has 19 heavy (non-hydrogen) atoms. The van der Waals surface area contributed by atoms with Crippen molar-refractivity contribution in [3.8, 4) is 0 Å². The van der Waals surface area contributed by atoms with E-state index in [0.29, 0.717) is 16.9 Å². The molecular weight excluding hydrogens is 258 g/mol. The molecule has 3 nitrogen and oxygen atoms in total. The van der Waals surface area contributed by atoms with Gasteiger partial charge in [-0.2, -0.15) is 0 Å². The Kier molecular flexibility index (Phi) is 4.50. The monoisotopic (exact) mass is 281 g/mol. The van der Waals surface area contributed by atoms with Gasteiger partial charge < -0.3 is 5.32 Å². The van der Waals surface area contributed by atoms with Crippen LogP contribution in [0.2, 0.25) is 0 Å². The molecule has 0 heterocycles. The zero-order chi connectivity index (χ0) is 13.9. The first-order valence-corrected chi connectivity index (χ1v) is 8.97. The van der Waals surface area contributed by atoms with E-state index in [0.717, 1.165) is 18.5 Å². The number of nitrogens with one attached hydrogen (secondary N) is 1.